The van der Waals surface area contributed by atoms with Gasteiger partial charge in [0.1, 0.15) is 0 Å². The molecule has 0 saturated carbocycles. The molecule has 0 saturated heterocycles. The molecule has 0 aliphatic rings. The van der Waals surface area contributed by atoms with E-state index in [1.54, 1.807) is 12.1 Å². The molecule has 126 valence electrons. The minimum absolute atomic E-state index is 0.00582. The second kappa shape index (κ2) is 6.40. The van der Waals surface area contributed by atoms with Gasteiger partial charge in [-0.2, -0.15) is 0 Å². The second-order valence-corrected chi connectivity index (χ2v) is 6.46. The lowest BCUT2D eigenvalue weighted by Crippen LogP contribution is -2.41. The summed E-state index contributed by atoms with van der Waals surface area (Å²) < 4.78 is 0. The summed E-state index contributed by atoms with van der Waals surface area (Å²) in [6, 6.07) is 20.2. The quantitative estimate of drug-likeness (QED) is 0.752. The Morgan fingerprint density at radius 2 is 1.44 bits per heavy atom. The van der Waals surface area contributed by atoms with Crippen LogP contribution in [0, 0.1) is 0 Å². The standard InChI is InChI=1S/C21H19NO3/c1-21(2,18-13-7-9-14-8-3-4-10-15(14)18)22-19(23)16-11-5-6-12-17(16)20(24)25/h3-13H,1-2H3,(H,22,23)(H,24,25). The summed E-state index contributed by atoms with van der Waals surface area (Å²) in [6.07, 6.45) is 0. The number of carboxylic acid groups (broad SMARTS) is 1. The Morgan fingerprint density at radius 3 is 2.16 bits per heavy atom. The molecule has 0 aliphatic carbocycles. The lowest BCUT2D eigenvalue weighted by molar-refractivity contribution is 0.0689. The van der Waals surface area contributed by atoms with E-state index in [1.165, 1.54) is 12.1 Å². The van der Waals surface area contributed by atoms with Gasteiger partial charge >= 0.3 is 5.97 Å². The number of hydrogen-bond acceptors (Lipinski definition) is 2. The van der Waals surface area contributed by atoms with Crippen LogP contribution in [0.5, 0.6) is 0 Å². The molecular weight excluding hydrogens is 314 g/mol. The Morgan fingerprint density at radius 1 is 0.840 bits per heavy atom. The molecule has 0 atom stereocenters. The van der Waals surface area contributed by atoms with Gasteiger partial charge in [-0.15, -0.1) is 0 Å². The molecule has 4 nitrogen and oxygen atoms in total. The van der Waals surface area contributed by atoms with Crippen LogP contribution in [0.4, 0.5) is 0 Å². The maximum Gasteiger partial charge on any atom is 0.336 e. The molecule has 2 N–H and O–H groups in total. The van der Waals surface area contributed by atoms with Gasteiger partial charge in [0.15, 0.2) is 0 Å². The van der Waals surface area contributed by atoms with E-state index in [-0.39, 0.29) is 11.1 Å². The first-order chi connectivity index (χ1) is 11.9. The molecule has 25 heavy (non-hydrogen) atoms. The van der Waals surface area contributed by atoms with Crippen molar-refractivity contribution in [3.8, 4) is 0 Å². The number of carbonyl (C=O) groups excluding carboxylic acids is 1. The van der Waals surface area contributed by atoms with Crippen molar-refractivity contribution in [2.24, 2.45) is 0 Å². The normalized spacial score (nSPS) is 11.3. The lowest BCUT2D eigenvalue weighted by Gasteiger charge is -2.28. The molecule has 4 heteroatoms. The first-order valence-electron chi connectivity index (χ1n) is 8.03. The van der Waals surface area contributed by atoms with Crippen LogP contribution >= 0.6 is 0 Å². The smallest absolute Gasteiger partial charge is 0.336 e. The molecule has 0 fully saturated rings. The van der Waals surface area contributed by atoms with E-state index in [0.29, 0.717) is 0 Å². The van der Waals surface area contributed by atoms with Crippen molar-refractivity contribution in [3.05, 3.63) is 83.4 Å². The molecule has 1 amide bonds. The number of benzene rings is 3. The molecule has 0 aliphatic heterocycles. The maximum atomic E-state index is 12.7. The van der Waals surface area contributed by atoms with Crippen molar-refractivity contribution < 1.29 is 14.7 Å². The van der Waals surface area contributed by atoms with E-state index < -0.39 is 17.4 Å². The highest BCUT2D eigenvalue weighted by Gasteiger charge is 2.27. The van der Waals surface area contributed by atoms with Gasteiger partial charge in [0, 0.05) is 0 Å². The van der Waals surface area contributed by atoms with Gasteiger partial charge in [0.25, 0.3) is 5.91 Å². The number of hydrogen-bond donors (Lipinski definition) is 2. The van der Waals surface area contributed by atoms with E-state index in [2.05, 4.69) is 5.32 Å². The van der Waals surface area contributed by atoms with Crippen molar-refractivity contribution in [1.82, 2.24) is 5.32 Å². The summed E-state index contributed by atoms with van der Waals surface area (Å²) in [4.78, 5) is 24.1. The van der Waals surface area contributed by atoms with Gasteiger partial charge in [-0.1, -0.05) is 54.6 Å². The number of aromatic carboxylic acids is 1. The molecule has 0 aromatic heterocycles. The maximum absolute atomic E-state index is 12.7. The van der Waals surface area contributed by atoms with Crippen LogP contribution in [0.3, 0.4) is 0 Å². The van der Waals surface area contributed by atoms with Gasteiger partial charge in [-0.05, 0) is 42.3 Å². The molecule has 0 heterocycles. The monoisotopic (exact) mass is 333 g/mol. The number of amides is 1. The van der Waals surface area contributed by atoms with E-state index in [1.807, 2.05) is 56.3 Å². The van der Waals surface area contributed by atoms with Crippen molar-refractivity contribution in [3.63, 3.8) is 0 Å². The van der Waals surface area contributed by atoms with Crippen LogP contribution in [0.2, 0.25) is 0 Å². The second-order valence-electron chi connectivity index (χ2n) is 6.46. The molecule has 3 aromatic carbocycles. The third kappa shape index (κ3) is 3.24. The lowest BCUT2D eigenvalue weighted by atomic mass is 9.89. The van der Waals surface area contributed by atoms with Gasteiger partial charge in [-0.25, -0.2) is 4.79 Å². The zero-order chi connectivity index (χ0) is 18.0. The topological polar surface area (TPSA) is 66.4 Å². The van der Waals surface area contributed by atoms with Crippen LogP contribution in [0.1, 0.15) is 40.1 Å². The largest absolute Gasteiger partial charge is 0.478 e. The van der Waals surface area contributed by atoms with Gasteiger partial charge in [0.2, 0.25) is 0 Å². The molecule has 0 unspecified atom stereocenters. The molecule has 3 rings (SSSR count). The Labute approximate surface area is 146 Å². The average molecular weight is 333 g/mol. The number of carboxylic acids is 1. The highest BCUT2D eigenvalue weighted by atomic mass is 16.4. The fourth-order valence-electron chi connectivity index (χ4n) is 3.06. The third-order valence-electron chi connectivity index (χ3n) is 4.29. The average Bonchev–Trinajstić information content (AvgIpc) is 2.60. The first-order valence-corrected chi connectivity index (χ1v) is 8.03. The fraction of sp³-hybridized carbons (Fsp3) is 0.143. The predicted molar refractivity (Wildman–Crippen MR) is 97.8 cm³/mol. The first kappa shape index (κ1) is 16.7. The van der Waals surface area contributed by atoms with Crippen LogP contribution < -0.4 is 5.32 Å². The Kier molecular flexibility index (Phi) is 4.28. The SMILES string of the molecule is CC(C)(NC(=O)c1ccccc1C(=O)O)c1cccc2ccccc12. The predicted octanol–water partition coefficient (Wildman–Crippen LogP) is 4.20. The fourth-order valence-corrected chi connectivity index (χ4v) is 3.06. The van der Waals surface area contributed by atoms with E-state index in [0.717, 1.165) is 16.3 Å². The van der Waals surface area contributed by atoms with Crippen LogP contribution in [-0.2, 0) is 5.54 Å². The summed E-state index contributed by atoms with van der Waals surface area (Å²) in [7, 11) is 0. The van der Waals surface area contributed by atoms with Gasteiger partial charge in [-0.3, -0.25) is 4.79 Å². The summed E-state index contributed by atoms with van der Waals surface area (Å²) in [5.41, 5.74) is 0.465. The summed E-state index contributed by atoms with van der Waals surface area (Å²) in [5.74, 6) is -1.52. The zero-order valence-electron chi connectivity index (χ0n) is 14.1. The van der Waals surface area contributed by atoms with E-state index >= 15 is 0 Å². The number of rotatable bonds is 4. The van der Waals surface area contributed by atoms with Gasteiger partial charge < -0.3 is 10.4 Å². The van der Waals surface area contributed by atoms with Gasteiger partial charge in [0.05, 0.1) is 16.7 Å². The number of nitrogens with one attached hydrogen (secondary N) is 1. The molecule has 3 aromatic rings. The third-order valence-corrected chi connectivity index (χ3v) is 4.29. The van der Waals surface area contributed by atoms with Crippen molar-refractivity contribution in [2.75, 3.05) is 0 Å². The minimum Gasteiger partial charge on any atom is -0.478 e. The van der Waals surface area contributed by atoms with Crippen LogP contribution in [-0.4, -0.2) is 17.0 Å². The van der Waals surface area contributed by atoms with Crippen LogP contribution in [0.15, 0.2) is 66.7 Å². The molecule has 0 spiro atoms. The number of fused-ring (bicyclic) bond motifs is 1. The van der Waals surface area contributed by atoms with Crippen molar-refractivity contribution >= 4 is 22.6 Å². The molecule has 0 bridgehead atoms. The summed E-state index contributed by atoms with van der Waals surface area (Å²) >= 11 is 0. The summed E-state index contributed by atoms with van der Waals surface area (Å²) in [6.45, 7) is 3.83. The number of carbonyl (C=O) groups is 2. The van der Waals surface area contributed by atoms with Crippen molar-refractivity contribution in [1.29, 1.82) is 0 Å². The summed E-state index contributed by atoms with van der Waals surface area (Å²) in [5, 5.41) is 14.4. The van der Waals surface area contributed by atoms with E-state index in [4.69, 9.17) is 0 Å². The zero-order valence-corrected chi connectivity index (χ0v) is 14.1. The van der Waals surface area contributed by atoms with E-state index in [9.17, 15) is 14.7 Å². The Bertz CT molecular complexity index is 955. The van der Waals surface area contributed by atoms with Crippen LogP contribution in [0.25, 0.3) is 10.8 Å². The van der Waals surface area contributed by atoms with Crippen molar-refractivity contribution in [2.45, 2.75) is 19.4 Å². The molecule has 0 radical (unpaired) electrons. The Hall–Kier alpha value is -3.14. The Balaban J connectivity index is 1.99. The molecular formula is C21H19NO3. The highest BCUT2D eigenvalue weighted by molar-refractivity contribution is 6.05. The minimum atomic E-state index is -1.12. The highest BCUT2D eigenvalue weighted by Crippen LogP contribution is 2.29.